The van der Waals surface area contributed by atoms with Crippen molar-refractivity contribution < 1.29 is 14.3 Å². The fraction of sp³-hybridized carbons (Fsp3) is 0.923. The zero-order valence-corrected chi connectivity index (χ0v) is 10.6. The number of carbonyl (C=O) groups is 1. The molecule has 0 aromatic carbocycles. The summed E-state index contributed by atoms with van der Waals surface area (Å²) in [5, 5.41) is 0. The fourth-order valence-electron chi connectivity index (χ4n) is 2.84. The number of hydrogen-bond donors (Lipinski definition) is 0. The molecule has 3 fully saturated rings. The quantitative estimate of drug-likeness (QED) is 0.701. The summed E-state index contributed by atoms with van der Waals surface area (Å²) in [7, 11) is 0. The first-order chi connectivity index (χ1) is 8.07. The molecule has 3 atom stereocenters. The summed E-state index contributed by atoms with van der Waals surface area (Å²) in [4.78, 5) is 13.9. The van der Waals surface area contributed by atoms with Gasteiger partial charge in [0.1, 0.15) is 5.60 Å². The van der Waals surface area contributed by atoms with Gasteiger partial charge in [-0.1, -0.05) is 6.92 Å². The van der Waals surface area contributed by atoms with Crippen molar-refractivity contribution >= 4 is 6.09 Å². The zero-order chi connectivity index (χ0) is 12.0. The number of hydrogen-bond acceptors (Lipinski definition) is 3. The minimum atomic E-state index is -0.161. The average molecular weight is 239 g/mol. The molecule has 0 spiro atoms. The molecule has 0 aromatic heterocycles. The molecule has 4 nitrogen and oxygen atoms in total. The van der Waals surface area contributed by atoms with Crippen LogP contribution in [0.4, 0.5) is 4.79 Å². The van der Waals surface area contributed by atoms with Gasteiger partial charge in [0, 0.05) is 24.9 Å². The zero-order valence-electron chi connectivity index (χ0n) is 10.6. The lowest BCUT2D eigenvalue weighted by atomic mass is 9.78. The van der Waals surface area contributed by atoms with E-state index in [4.69, 9.17) is 9.47 Å². The summed E-state index contributed by atoms with van der Waals surface area (Å²) in [6.07, 6.45) is 1.91. The lowest BCUT2D eigenvalue weighted by Gasteiger charge is -2.45. The molecule has 2 heterocycles. The topological polar surface area (TPSA) is 38.8 Å². The van der Waals surface area contributed by atoms with E-state index < -0.39 is 0 Å². The molecule has 2 aliphatic heterocycles. The van der Waals surface area contributed by atoms with Crippen molar-refractivity contribution in [2.75, 3.05) is 26.3 Å². The summed E-state index contributed by atoms with van der Waals surface area (Å²) in [5.74, 6) is 1.65. The molecule has 1 amide bonds. The number of likely N-dealkylation sites (tertiary alicyclic amines) is 1. The smallest absolute Gasteiger partial charge is 0.410 e. The molecule has 2 unspecified atom stereocenters. The number of amides is 1. The van der Waals surface area contributed by atoms with Crippen LogP contribution in [-0.2, 0) is 9.47 Å². The van der Waals surface area contributed by atoms with Crippen molar-refractivity contribution in [3.05, 3.63) is 0 Å². The Labute approximate surface area is 102 Å². The van der Waals surface area contributed by atoms with Crippen molar-refractivity contribution in [2.24, 2.45) is 17.8 Å². The first kappa shape index (κ1) is 11.3. The van der Waals surface area contributed by atoms with E-state index in [1.54, 1.807) is 0 Å². The first-order valence-corrected chi connectivity index (χ1v) is 6.63. The van der Waals surface area contributed by atoms with E-state index in [1.807, 2.05) is 11.8 Å². The summed E-state index contributed by atoms with van der Waals surface area (Å²) >= 11 is 0. The number of rotatable bonds is 1. The second-order valence-electron chi connectivity index (χ2n) is 6.14. The van der Waals surface area contributed by atoms with Gasteiger partial charge in [0.05, 0.1) is 13.2 Å². The van der Waals surface area contributed by atoms with E-state index in [0.29, 0.717) is 17.8 Å². The predicted molar refractivity (Wildman–Crippen MR) is 62.7 cm³/mol. The number of nitrogens with zero attached hydrogens (tertiary/aromatic N) is 1. The maximum Gasteiger partial charge on any atom is 0.410 e. The number of fused-ring (bicyclic) bond motifs is 2. The van der Waals surface area contributed by atoms with Crippen LogP contribution in [-0.4, -0.2) is 42.9 Å². The van der Waals surface area contributed by atoms with Crippen LogP contribution in [0.2, 0.25) is 0 Å². The van der Waals surface area contributed by atoms with Crippen LogP contribution < -0.4 is 0 Å². The highest BCUT2D eigenvalue weighted by Gasteiger charge is 2.45. The van der Waals surface area contributed by atoms with Crippen LogP contribution >= 0.6 is 0 Å². The monoisotopic (exact) mass is 239 g/mol. The Kier molecular flexibility index (Phi) is 2.58. The Morgan fingerprint density at radius 3 is 2.41 bits per heavy atom. The molecule has 2 saturated heterocycles. The Morgan fingerprint density at radius 2 is 1.88 bits per heavy atom. The molecular formula is C13H21NO3. The molecule has 3 aliphatic rings. The predicted octanol–water partition coefficient (Wildman–Crippen LogP) is 1.89. The lowest BCUT2D eigenvalue weighted by Crippen LogP contribution is -2.53. The third-order valence-electron chi connectivity index (χ3n) is 4.61. The van der Waals surface area contributed by atoms with E-state index in [2.05, 4.69) is 6.92 Å². The van der Waals surface area contributed by atoms with E-state index in [9.17, 15) is 4.79 Å². The highest BCUT2D eigenvalue weighted by Crippen LogP contribution is 2.40. The van der Waals surface area contributed by atoms with Crippen molar-refractivity contribution in [2.45, 2.75) is 32.3 Å². The fourth-order valence-corrected chi connectivity index (χ4v) is 2.84. The van der Waals surface area contributed by atoms with Gasteiger partial charge in [0.15, 0.2) is 0 Å². The normalized spacial score (nSPS) is 38.7. The molecule has 3 rings (SSSR count). The van der Waals surface area contributed by atoms with Gasteiger partial charge in [0.2, 0.25) is 0 Å². The standard InChI is InChI=1S/C13H21NO3/c1-9-10-5-14(6-11(9)8-16-7-10)12(15)17-13(2)3-4-13/h9-11H,3-8H2,1-2H3/t9?,10-,11?/m1/s1. The number of ether oxygens (including phenoxy) is 2. The van der Waals surface area contributed by atoms with Crippen LogP contribution in [0.5, 0.6) is 0 Å². The largest absolute Gasteiger partial charge is 0.443 e. The minimum absolute atomic E-state index is 0.117. The summed E-state index contributed by atoms with van der Waals surface area (Å²) in [5.41, 5.74) is -0.161. The van der Waals surface area contributed by atoms with Gasteiger partial charge >= 0.3 is 6.09 Å². The van der Waals surface area contributed by atoms with Crippen LogP contribution in [0.3, 0.4) is 0 Å². The van der Waals surface area contributed by atoms with Gasteiger partial charge in [-0.05, 0) is 25.7 Å². The molecule has 17 heavy (non-hydrogen) atoms. The summed E-state index contributed by atoms with van der Waals surface area (Å²) in [6.45, 7) is 7.47. The van der Waals surface area contributed by atoms with Gasteiger partial charge in [-0.25, -0.2) is 4.79 Å². The Bertz CT molecular complexity index is 313. The molecule has 2 bridgehead atoms. The Hall–Kier alpha value is -0.770. The number of piperidine rings is 1. The third kappa shape index (κ3) is 2.15. The van der Waals surface area contributed by atoms with E-state index >= 15 is 0 Å². The van der Waals surface area contributed by atoms with E-state index in [1.165, 1.54) is 0 Å². The SMILES string of the molecule is CC1C2COC[C@H]1CN(C(=O)OC1(C)CC1)C2. The average Bonchev–Trinajstić information content (AvgIpc) is 2.95. The second-order valence-corrected chi connectivity index (χ2v) is 6.14. The van der Waals surface area contributed by atoms with Crippen LogP contribution in [0.15, 0.2) is 0 Å². The van der Waals surface area contributed by atoms with Crippen molar-refractivity contribution in [3.8, 4) is 0 Å². The Balaban J connectivity index is 1.63. The molecule has 1 aliphatic carbocycles. The number of carbonyl (C=O) groups excluding carboxylic acids is 1. The van der Waals surface area contributed by atoms with Gasteiger partial charge < -0.3 is 14.4 Å². The van der Waals surface area contributed by atoms with Gasteiger partial charge in [0.25, 0.3) is 0 Å². The molecule has 0 radical (unpaired) electrons. The lowest BCUT2D eigenvalue weighted by molar-refractivity contribution is -0.0760. The molecule has 1 saturated carbocycles. The molecular weight excluding hydrogens is 218 g/mol. The van der Waals surface area contributed by atoms with Crippen molar-refractivity contribution in [1.82, 2.24) is 4.90 Å². The van der Waals surface area contributed by atoms with Crippen molar-refractivity contribution in [1.29, 1.82) is 0 Å². The van der Waals surface area contributed by atoms with E-state index in [-0.39, 0.29) is 11.7 Å². The van der Waals surface area contributed by atoms with Crippen molar-refractivity contribution in [3.63, 3.8) is 0 Å². The molecule has 0 N–H and O–H groups in total. The van der Waals surface area contributed by atoms with Gasteiger partial charge in [-0.15, -0.1) is 0 Å². The second kappa shape index (κ2) is 3.87. The van der Waals surface area contributed by atoms with Gasteiger partial charge in [-0.3, -0.25) is 0 Å². The maximum absolute atomic E-state index is 12.1. The van der Waals surface area contributed by atoms with Gasteiger partial charge in [-0.2, -0.15) is 0 Å². The van der Waals surface area contributed by atoms with Crippen LogP contribution in [0.1, 0.15) is 26.7 Å². The highest BCUT2D eigenvalue weighted by atomic mass is 16.6. The van der Waals surface area contributed by atoms with Crippen LogP contribution in [0.25, 0.3) is 0 Å². The molecule has 0 aromatic rings. The molecule has 96 valence electrons. The molecule has 4 heteroatoms. The highest BCUT2D eigenvalue weighted by molar-refractivity contribution is 5.68. The maximum atomic E-state index is 12.1. The summed E-state index contributed by atoms with van der Waals surface area (Å²) in [6, 6.07) is 0. The Morgan fingerprint density at radius 1 is 1.29 bits per heavy atom. The van der Waals surface area contributed by atoms with E-state index in [0.717, 1.165) is 39.1 Å². The summed E-state index contributed by atoms with van der Waals surface area (Å²) < 4.78 is 11.1. The third-order valence-corrected chi connectivity index (χ3v) is 4.61. The first-order valence-electron chi connectivity index (χ1n) is 6.63. The minimum Gasteiger partial charge on any atom is -0.443 e. The van der Waals surface area contributed by atoms with Crippen LogP contribution in [0, 0.1) is 17.8 Å².